The van der Waals surface area contributed by atoms with Crippen LogP contribution < -0.4 is 10.9 Å². The summed E-state index contributed by atoms with van der Waals surface area (Å²) in [5.41, 5.74) is 2.36. The number of hydrogen-bond donors (Lipinski definition) is 2. The van der Waals surface area contributed by atoms with Crippen molar-refractivity contribution in [2.24, 2.45) is 5.92 Å². The van der Waals surface area contributed by atoms with Crippen molar-refractivity contribution in [3.8, 4) is 0 Å². The van der Waals surface area contributed by atoms with Crippen LogP contribution in [-0.2, 0) is 13.0 Å². The van der Waals surface area contributed by atoms with Crippen LogP contribution in [0, 0.1) is 12.8 Å². The summed E-state index contributed by atoms with van der Waals surface area (Å²) in [6, 6.07) is 8.13. The minimum atomic E-state index is -0.00907. The van der Waals surface area contributed by atoms with E-state index in [1.807, 2.05) is 24.3 Å². The maximum atomic E-state index is 12.7. The van der Waals surface area contributed by atoms with Gasteiger partial charge in [0.05, 0.1) is 5.39 Å². The maximum absolute atomic E-state index is 12.7. The Labute approximate surface area is 169 Å². The summed E-state index contributed by atoms with van der Waals surface area (Å²) in [5, 5.41) is 3.70. The molecule has 0 aliphatic rings. The molecule has 3 aromatic rings. The Hall–Kier alpha value is -1.69. The number of halogens is 1. The van der Waals surface area contributed by atoms with E-state index in [9.17, 15) is 4.79 Å². The molecule has 0 amide bonds. The first kappa shape index (κ1) is 20.1. The third-order valence-electron chi connectivity index (χ3n) is 5.22. The van der Waals surface area contributed by atoms with Crippen LogP contribution in [-0.4, -0.2) is 9.97 Å². The van der Waals surface area contributed by atoms with E-state index in [0.29, 0.717) is 12.5 Å². The highest BCUT2D eigenvalue weighted by molar-refractivity contribution is 7.18. The minimum Gasteiger partial charge on any atom is -0.334 e. The van der Waals surface area contributed by atoms with Crippen molar-refractivity contribution in [2.75, 3.05) is 0 Å². The van der Waals surface area contributed by atoms with Gasteiger partial charge in [0.25, 0.3) is 5.56 Å². The summed E-state index contributed by atoms with van der Waals surface area (Å²) in [6.45, 7) is 9.28. The standard InChI is InChI=1S/C21H26ClN3OS/c1-5-12(2)10-17-14(4)27-21-19(17)20(26)24-18(25-21)11-23-13(3)15-6-8-16(22)9-7-15/h6-9,12-13,23H,5,10-11H2,1-4H3,(H,24,25,26)/p+1/t12-,13+/m1/s1. The average molecular weight is 405 g/mol. The second kappa shape index (κ2) is 8.55. The van der Waals surface area contributed by atoms with Crippen molar-refractivity contribution in [2.45, 2.75) is 53.1 Å². The van der Waals surface area contributed by atoms with Gasteiger partial charge in [-0.1, -0.05) is 44.0 Å². The van der Waals surface area contributed by atoms with Gasteiger partial charge in [0, 0.05) is 15.5 Å². The molecular weight excluding hydrogens is 378 g/mol. The Balaban J connectivity index is 1.80. The molecule has 0 spiro atoms. The van der Waals surface area contributed by atoms with Gasteiger partial charge in [-0.05, 0) is 43.9 Å². The number of H-pyrrole nitrogens is 1. The highest BCUT2D eigenvalue weighted by Gasteiger charge is 2.17. The lowest BCUT2D eigenvalue weighted by atomic mass is 9.98. The van der Waals surface area contributed by atoms with E-state index in [1.165, 1.54) is 16.0 Å². The van der Waals surface area contributed by atoms with E-state index < -0.39 is 0 Å². The fourth-order valence-corrected chi connectivity index (χ4v) is 4.44. The number of aromatic nitrogens is 2. The van der Waals surface area contributed by atoms with E-state index in [2.05, 4.69) is 38.0 Å². The van der Waals surface area contributed by atoms with Gasteiger partial charge in [-0.3, -0.25) is 4.79 Å². The summed E-state index contributed by atoms with van der Waals surface area (Å²) in [4.78, 5) is 22.5. The monoisotopic (exact) mass is 404 g/mol. The number of aromatic amines is 1. The van der Waals surface area contributed by atoms with Gasteiger partial charge in [-0.25, -0.2) is 4.98 Å². The number of benzene rings is 1. The first-order chi connectivity index (χ1) is 12.9. The molecular formula is C21H27ClN3OS+. The molecule has 3 rings (SSSR count). The summed E-state index contributed by atoms with van der Waals surface area (Å²) < 4.78 is 0. The summed E-state index contributed by atoms with van der Waals surface area (Å²) in [6.07, 6.45) is 2.05. The van der Waals surface area contributed by atoms with Crippen LogP contribution in [0.25, 0.3) is 10.2 Å². The van der Waals surface area contributed by atoms with Gasteiger partial charge >= 0.3 is 0 Å². The van der Waals surface area contributed by atoms with Gasteiger partial charge < -0.3 is 10.3 Å². The Morgan fingerprint density at radius 3 is 2.63 bits per heavy atom. The molecule has 27 heavy (non-hydrogen) atoms. The van der Waals surface area contributed by atoms with E-state index in [1.54, 1.807) is 11.3 Å². The summed E-state index contributed by atoms with van der Waals surface area (Å²) in [5.74, 6) is 1.29. The van der Waals surface area contributed by atoms with Crippen LogP contribution in [0.5, 0.6) is 0 Å². The van der Waals surface area contributed by atoms with Crippen LogP contribution in [0.3, 0.4) is 0 Å². The Bertz CT molecular complexity index is 977. The summed E-state index contributed by atoms with van der Waals surface area (Å²) in [7, 11) is 0. The summed E-state index contributed by atoms with van der Waals surface area (Å²) >= 11 is 7.59. The quantitative estimate of drug-likeness (QED) is 0.614. The van der Waals surface area contributed by atoms with Crippen molar-refractivity contribution in [1.82, 2.24) is 9.97 Å². The second-order valence-electron chi connectivity index (χ2n) is 7.33. The number of fused-ring (bicyclic) bond motifs is 1. The van der Waals surface area contributed by atoms with Gasteiger partial charge in [0.1, 0.15) is 17.4 Å². The molecule has 0 saturated carbocycles. The Kier molecular flexibility index (Phi) is 6.35. The molecule has 0 aliphatic carbocycles. The SMILES string of the molecule is CC[C@@H](C)Cc1c(C)sc2nc(C[NH2+][C@@H](C)c3ccc(Cl)cc3)[nH]c(=O)c12. The third kappa shape index (κ3) is 4.60. The molecule has 4 nitrogen and oxygen atoms in total. The van der Waals surface area contributed by atoms with E-state index >= 15 is 0 Å². The lowest BCUT2D eigenvalue weighted by molar-refractivity contribution is -0.708. The van der Waals surface area contributed by atoms with Crippen molar-refractivity contribution >= 4 is 33.2 Å². The number of aryl methyl sites for hydroxylation is 1. The highest BCUT2D eigenvalue weighted by Crippen LogP contribution is 2.29. The molecule has 2 aromatic heterocycles. The number of thiophene rings is 1. The van der Waals surface area contributed by atoms with E-state index in [0.717, 1.165) is 33.9 Å². The highest BCUT2D eigenvalue weighted by atomic mass is 35.5. The van der Waals surface area contributed by atoms with Crippen molar-refractivity contribution in [3.63, 3.8) is 0 Å². The molecule has 0 bridgehead atoms. The van der Waals surface area contributed by atoms with Gasteiger partial charge in [0.15, 0.2) is 5.82 Å². The smallest absolute Gasteiger partial charge is 0.260 e. The first-order valence-corrected chi connectivity index (χ1v) is 10.7. The first-order valence-electron chi connectivity index (χ1n) is 9.49. The van der Waals surface area contributed by atoms with E-state index in [4.69, 9.17) is 16.6 Å². The largest absolute Gasteiger partial charge is 0.334 e. The molecule has 0 unspecified atom stereocenters. The van der Waals surface area contributed by atoms with E-state index in [-0.39, 0.29) is 11.6 Å². The predicted octanol–water partition coefficient (Wildman–Crippen LogP) is 4.36. The zero-order valence-corrected chi connectivity index (χ0v) is 17.9. The van der Waals surface area contributed by atoms with Crippen LogP contribution in [0.4, 0.5) is 0 Å². The molecule has 6 heteroatoms. The number of rotatable bonds is 7. The normalized spacial score (nSPS) is 13.8. The zero-order valence-electron chi connectivity index (χ0n) is 16.3. The van der Waals surface area contributed by atoms with Gasteiger partial charge in [0.2, 0.25) is 0 Å². The third-order valence-corrected chi connectivity index (χ3v) is 6.52. The molecule has 1 aromatic carbocycles. The van der Waals surface area contributed by atoms with Crippen LogP contribution >= 0.6 is 22.9 Å². The van der Waals surface area contributed by atoms with Crippen LogP contribution in [0.1, 0.15) is 55.1 Å². The van der Waals surface area contributed by atoms with Crippen LogP contribution in [0.15, 0.2) is 29.1 Å². The average Bonchev–Trinajstić information content (AvgIpc) is 2.95. The lowest BCUT2D eigenvalue weighted by Crippen LogP contribution is -2.83. The maximum Gasteiger partial charge on any atom is 0.260 e. The molecule has 2 atom stereocenters. The Morgan fingerprint density at radius 2 is 1.96 bits per heavy atom. The topological polar surface area (TPSA) is 62.4 Å². The van der Waals surface area contributed by atoms with Crippen molar-refractivity contribution in [3.05, 3.63) is 61.5 Å². The number of quaternary nitrogens is 1. The van der Waals surface area contributed by atoms with Crippen molar-refractivity contribution in [1.29, 1.82) is 0 Å². The number of hydrogen-bond acceptors (Lipinski definition) is 3. The molecule has 0 aliphatic heterocycles. The lowest BCUT2D eigenvalue weighted by Gasteiger charge is -2.11. The van der Waals surface area contributed by atoms with Crippen LogP contribution in [0.2, 0.25) is 5.02 Å². The predicted molar refractivity (Wildman–Crippen MR) is 114 cm³/mol. The zero-order chi connectivity index (χ0) is 19.6. The molecule has 3 N–H and O–H groups in total. The van der Waals surface area contributed by atoms with Gasteiger partial charge in [-0.15, -0.1) is 11.3 Å². The molecule has 0 radical (unpaired) electrons. The number of nitrogens with one attached hydrogen (secondary N) is 1. The second-order valence-corrected chi connectivity index (χ2v) is 8.97. The Morgan fingerprint density at radius 1 is 1.26 bits per heavy atom. The number of nitrogens with two attached hydrogens (primary N) is 1. The van der Waals surface area contributed by atoms with Crippen molar-refractivity contribution < 1.29 is 5.32 Å². The number of nitrogens with zero attached hydrogens (tertiary/aromatic N) is 1. The fraction of sp³-hybridized carbons (Fsp3) is 0.429. The molecule has 2 heterocycles. The fourth-order valence-electron chi connectivity index (χ4n) is 3.25. The molecule has 144 valence electrons. The molecule has 0 saturated heterocycles. The van der Waals surface area contributed by atoms with Gasteiger partial charge in [-0.2, -0.15) is 0 Å². The molecule has 0 fully saturated rings. The minimum absolute atomic E-state index is 0.00907.